The van der Waals surface area contributed by atoms with Gasteiger partial charge in [-0.1, -0.05) is 30.9 Å². The normalized spacial score (nSPS) is 16.6. The molecular formula is C14H22ClN3O. The van der Waals surface area contributed by atoms with Crippen molar-refractivity contribution in [3.63, 3.8) is 0 Å². The van der Waals surface area contributed by atoms with E-state index in [9.17, 15) is 5.11 Å². The Balaban J connectivity index is 2.32. The third kappa shape index (κ3) is 3.37. The van der Waals surface area contributed by atoms with E-state index in [0.29, 0.717) is 23.6 Å². The highest BCUT2D eigenvalue weighted by Gasteiger charge is 2.24. The molecule has 1 N–H and O–H groups in total. The van der Waals surface area contributed by atoms with E-state index in [2.05, 4.69) is 14.9 Å². The van der Waals surface area contributed by atoms with Crippen LogP contribution < -0.4 is 4.90 Å². The van der Waals surface area contributed by atoms with E-state index in [1.165, 1.54) is 32.1 Å². The molecule has 0 amide bonds. The lowest BCUT2D eigenvalue weighted by Crippen LogP contribution is -2.40. The van der Waals surface area contributed by atoms with Crippen molar-refractivity contribution in [1.29, 1.82) is 0 Å². The molecule has 0 bridgehead atoms. The molecule has 1 aromatic heterocycles. The molecule has 0 aromatic carbocycles. The maximum Gasteiger partial charge on any atom is 0.137 e. The first-order valence-corrected chi connectivity index (χ1v) is 7.39. The van der Waals surface area contributed by atoms with Crippen LogP contribution in [0.3, 0.4) is 0 Å². The second kappa shape index (κ2) is 6.53. The Hall–Kier alpha value is -0.870. The summed E-state index contributed by atoms with van der Waals surface area (Å²) in [5.41, 5.74) is 0.909. The van der Waals surface area contributed by atoms with Crippen LogP contribution in [0.2, 0.25) is 5.15 Å². The standard InChI is InChI=1S/C14H22ClN3O/c1-10-13(15)16-11(2)17-14(10)18(8-9-19)12-6-4-3-5-7-12/h12,19H,3-9H2,1-2H3. The van der Waals surface area contributed by atoms with Gasteiger partial charge in [-0.15, -0.1) is 0 Å². The van der Waals surface area contributed by atoms with Crippen molar-refractivity contribution in [3.05, 3.63) is 16.5 Å². The zero-order chi connectivity index (χ0) is 13.8. The summed E-state index contributed by atoms with van der Waals surface area (Å²) in [5, 5.41) is 9.86. The average molecular weight is 284 g/mol. The van der Waals surface area contributed by atoms with Gasteiger partial charge >= 0.3 is 0 Å². The van der Waals surface area contributed by atoms with Gasteiger partial charge in [0.1, 0.15) is 16.8 Å². The maximum absolute atomic E-state index is 9.34. The molecule has 1 aromatic rings. The predicted octanol–water partition coefficient (Wildman–Crippen LogP) is 2.88. The van der Waals surface area contributed by atoms with Crippen molar-refractivity contribution in [2.75, 3.05) is 18.1 Å². The molecule has 1 aliphatic carbocycles. The summed E-state index contributed by atoms with van der Waals surface area (Å²) in [4.78, 5) is 11.0. The van der Waals surface area contributed by atoms with Gasteiger partial charge in [-0.05, 0) is 26.7 Å². The van der Waals surface area contributed by atoms with Crippen LogP contribution in [0, 0.1) is 13.8 Å². The van der Waals surface area contributed by atoms with Gasteiger partial charge in [0.05, 0.1) is 6.61 Å². The predicted molar refractivity (Wildman–Crippen MR) is 77.8 cm³/mol. The highest BCUT2D eigenvalue weighted by atomic mass is 35.5. The number of aliphatic hydroxyl groups is 1. The zero-order valence-electron chi connectivity index (χ0n) is 11.7. The molecule has 0 radical (unpaired) electrons. The van der Waals surface area contributed by atoms with E-state index in [1.807, 2.05) is 13.8 Å². The monoisotopic (exact) mass is 283 g/mol. The molecule has 5 heteroatoms. The molecule has 19 heavy (non-hydrogen) atoms. The summed E-state index contributed by atoms with van der Waals surface area (Å²) in [6.45, 7) is 4.55. The van der Waals surface area contributed by atoms with Gasteiger partial charge in [-0.2, -0.15) is 0 Å². The number of hydrogen-bond donors (Lipinski definition) is 1. The molecule has 0 aliphatic heterocycles. The van der Waals surface area contributed by atoms with E-state index in [-0.39, 0.29) is 6.61 Å². The molecule has 1 heterocycles. The van der Waals surface area contributed by atoms with E-state index < -0.39 is 0 Å². The molecule has 1 aliphatic rings. The van der Waals surface area contributed by atoms with E-state index in [0.717, 1.165) is 11.4 Å². The maximum atomic E-state index is 9.34. The van der Waals surface area contributed by atoms with Gasteiger partial charge in [0.15, 0.2) is 0 Å². The second-order valence-corrected chi connectivity index (χ2v) is 5.58. The van der Waals surface area contributed by atoms with Gasteiger partial charge in [0, 0.05) is 18.2 Å². The van der Waals surface area contributed by atoms with Crippen molar-refractivity contribution in [1.82, 2.24) is 9.97 Å². The highest BCUT2D eigenvalue weighted by Crippen LogP contribution is 2.30. The first-order chi connectivity index (χ1) is 9.13. The first kappa shape index (κ1) is 14.5. The fourth-order valence-electron chi connectivity index (χ4n) is 2.82. The van der Waals surface area contributed by atoms with E-state index in [1.54, 1.807) is 0 Å². The quantitative estimate of drug-likeness (QED) is 0.863. The number of aliphatic hydroxyl groups excluding tert-OH is 1. The fourth-order valence-corrected chi connectivity index (χ4v) is 3.03. The molecular weight excluding hydrogens is 262 g/mol. The molecule has 106 valence electrons. The van der Waals surface area contributed by atoms with Gasteiger partial charge in [0.2, 0.25) is 0 Å². The Labute approximate surface area is 119 Å². The number of halogens is 1. The Morgan fingerprint density at radius 3 is 2.53 bits per heavy atom. The van der Waals surface area contributed by atoms with Gasteiger partial charge in [0.25, 0.3) is 0 Å². The molecule has 0 spiro atoms. The van der Waals surface area contributed by atoms with Crippen molar-refractivity contribution in [2.45, 2.75) is 52.0 Å². The zero-order valence-corrected chi connectivity index (χ0v) is 12.4. The molecule has 0 atom stereocenters. The molecule has 1 fully saturated rings. The van der Waals surface area contributed by atoms with Crippen LogP contribution in [0.4, 0.5) is 5.82 Å². The average Bonchev–Trinajstić information content (AvgIpc) is 2.41. The van der Waals surface area contributed by atoms with Crippen LogP contribution in [-0.4, -0.2) is 34.3 Å². The van der Waals surface area contributed by atoms with E-state index >= 15 is 0 Å². The number of aryl methyl sites for hydroxylation is 1. The van der Waals surface area contributed by atoms with Crippen LogP contribution in [0.15, 0.2) is 0 Å². The number of anilines is 1. The van der Waals surface area contributed by atoms with Crippen molar-refractivity contribution in [3.8, 4) is 0 Å². The summed E-state index contributed by atoms with van der Waals surface area (Å²) in [5.74, 6) is 1.57. The lowest BCUT2D eigenvalue weighted by Gasteiger charge is -2.35. The molecule has 0 unspecified atom stereocenters. The second-order valence-electron chi connectivity index (χ2n) is 5.22. The van der Waals surface area contributed by atoms with Gasteiger partial charge in [-0.3, -0.25) is 0 Å². The first-order valence-electron chi connectivity index (χ1n) is 7.01. The minimum Gasteiger partial charge on any atom is -0.395 e. The number of rotatable bonds is 4. The number of nitrogens with zero attached hydrogens (tertiary/aromatic N) is 3. The van der Waals surface area contributed by atoms with Crippen LogP contribution >= 0.6 is 11.6 Å². The van der Waals surface area contributed by atoms with Gasteiger partial charge < -0.3 is 10.0 Å². The summed E-state index contributed by atoms with van der Waals surface area (Å²) in [6, 6.07) is 0.463. The van der Waals surface area contributed by atoms with Crippen molar-refractivity contribution >= 4 is 17.4 Å². The highest BCUT2D eigenvalue weighted by molar-refractivity contribution is 6.30. The Bertz CT molecular complexity index is 433. The van der Waals surface area contributed by atoms with Gasteiger partial charge in [-0.25, -0.2) is 9.97 Å². The Kier molecular flexibility index (Phi) is 4.99. The number of aromatic nitrogens is 2. The Morgan fingerprint density at radius 1 is 1.21 bits per heavy atom. The van der Waals surface area contributed by atoms with Crippen LogP contribution in [-0.2, 0) is 0 Å². The minimum atomic E-state index is 0.136. The lowest BCUT2D eigenvalue weighted by atomic mass is 9.94. The fraction of sp³-hybridized carbons (Fsp3) is 0.714. The minimum absolute atomic E-state index is 0.136. The largest absolute Gasteiger partial charge is 0.395 e. The SMILES string of the molecule is Cc1nc(Cl)c(C)c(N(CCO)C2CCCCC2)n1. The molecule has 2 rings (SSSR count). The third-order valence-corrected chi connectivity index (χ3v) is 4.17. The summed E-state index contributed by atoms with van der Waals surface area (Å²) in [7, 11) is 0. The lowest BCUT2D eigenvalue weighted by molar-refractivity contribution is 0.289. The van der Waals surface area contributed by atoms with Crippen molar-refractivity contribution in [2.24, 2.45) is 0 Å². The summed E-state index contributed by atoms with van der Waals surface area (Å²) >= 11 is 6.16. The van der Waals surface area contributed by atoms with Crippen molar-refractivity contribution < 1.29 is 5.11 Å². The molecule has 0 saturated heterocycles. The molecule has 4 nitrogen and oxygen atoms in total. The topological polar surface area (TPSA) is 49.2 Å². The smallest absolute Gasteiger partial charge is 0.137 e. The summed E-state index contributed by atoms with van der Waals surface area (Å²) in [6.07, 6.45) is 6.15. The van der Waals surface area contributed by atoms with Crippen LogP contribution in [0.25, 0.3) is 0 Å². The van der Waals surface area contributed by atoms with Crippen LogP contribution in [0.1, 0.15) is 43.5 Å². The Morgan fingerprint density at radius 2 is 1.89 bits per heavy atom. The van der Waals surface area contributed by atoms with E-state index in [4.69, 9.17) is 11.6 Å². The summed E-state index contributed by atoms with van der Waals surface area (Å²) < 4.78 is 0. The third-order valence-electron chi connectivity index (χ3n) is 3.80. The molecule has 1 saturated carbocycles. The van der Waals surface area contributed by atoms with Crippen LogP contribution in [0.5, 0.6) is 0 Å². The number of hydrogen-bond acceptors (Lipinski definition) is 4.